The number of benzene rings is 5. The van der Waals surface area contributed by atoms with Crippen molar-refractivity contribution in [1.82, 2.24) is 0 Å². The minimum Gasteiger partial charge on any atom is -0.478 e. The number of aryl methyl sites for hydroxylation is 2. The number of carbonyl (C=O) groups is 2. The predicted molar refractivity (Wildman–Crippen MR) is 182 cm³/mol. The molecular formula is C38H26O4S2. The average Bonchev–Trinajstić information content (AvgIpc) is 3.62. The van der Waals surface area contributed by atoms with Gasteiger partial charge >= 0.3 is 11.9 Å². The zero-order valence-electron chi connectivity index (χ0n) is 23.9. The first-order valence-electron chi connectivity index (χ1n) is 14.1. The summed E-state index contributed by atoms with van der Waals surface area (Å²) in [6, 6.07) is 35.3. The number of aromatic carboxylic acids is 2. The molecule has 7 aromatic rings. The molecule has 0 saturated heterocycles. The van der Waals surface area contributed by atoms with E-state index in [9.17, 15) is 19.8 Å². The molecule has 0 spiro atoms. The molecule has 0 aliphatic carbocycles. The molecule has 2 aromatic heterocycles. The van der Waals surface area contributed by atoms with Crippen molar-refractivity contribution in [3.63, 3.8) is 0 Å². The standard InChI is InChI=1S/C38H26O4S2/c1-21-29(19-33(43-21)23-9-5-3-6-10-23)35-31-17-25(37(39)40)13-15-27(31)28-16-14-26(38(41)42)18-32(28)36(35)30-20-34(44-22(30)2)24-11-7-4-8-12-24/h3-20H,1-2H3,(H,39,40)(H,41,42). The number of carboxylic acid groups (broad SMARTS) is 2. The Kier molecular flexibility index (Phi) is 6.88. The van der Waals surface area contributed by atoms with Gasteiger partial charge < -0.3 is 10.2 Å². The van der Waals surface area contributed by atoms with E-state index in [0.29, 0.717) is 0 Å². The second-order valence-electron chi connectivity index (χ2n) is 10.8. The molecule has 0 aliphatic rings. The molecule has 214 valence electrons. The summed E-state index contributed by atoms with van der Waals surface area (Å²) in [7, 11) is 0. The molecule has 0 aliphatic heterocycles. The van der Waals surface area contributed by atoms with Gasteiger partial charge in [0.25, 0.3) is 0 Å². The largest absolute Gasteiger partial charge is 0.478 e. The molecular weight excluding hydrogens is 585 g/mol. The van der Waals surface area contributed by atoms with Gasteiger partial charge in [0, 0.05) is 19.5 Å². The van der Waals surface area contributed by atoms with Crippen LogP contribution >= 0.6 is 22.7 Å². The van der Waals surface area contributed by atoms with Crippen molar-refractivity contribution in [2.75, 3.05) is 0 Å². The molecule has 5 aromatic carbocycles. The molecule has 6 heteroatoms. The predicted octanol–water partition coefficient (Wildman–Crippen LogP) is 10.8. The number of hydrogen-bond donors (Lipinski definition) is 2. The van der Waals surface area contributed by atoms with Crippen LogP contribution in [0.2, 0.25) is 0 Å². The maximum atomic E-state index is 12.2. The third kappa shape index (κ3) is 4.69. The van der Waals surface area contributed by atoms with E-state index in [0.717, 1.165) is 74.4 Å². The Morgan fingerprint density at radius 1 is 0.500 bits per heavy atom. The fourth-order valence-corrected chi connectivity index (χ4v) is 8.08. The lowest BCUT2D eigenvalue weighted by Gasteiger charge is -2.19. The minimum atomic E-state index is -0.995. The molecule has 7 rings (SSSR count). The van der Waals surface area contributed by atoms with Gasteiger partial charge in [0.1, 0.15) is 0 Å². The summed E-state index contributed by atoms with van der Waals surface area (Å²) in [5.74, 6) is -1.99. The highest BCUT2D eigenvalue weighted by Crippen LogP contribution is 2.51. The molecule has 0 fully saturated rings. The van der Waals surface area contributed by atoms with E-state index in [2.05, 4.69) is 50.2 Å². The van der Waals surface area contributed by atoms with Crippen LogP contribution in [0.5, 0.6) is 0 Å². The second kappa shape index (κ2) is 10.9. The normalized spacial score (nSPS) is 11.3. The quantitative estimate of drug-likeness (QED) is 0.184. The Morgan fingerprint density at radius 3 is 1.25 bits per heavy atom. The minimum absolute atomic E-state index is 0.203. The van der Waals surface area contributed by atoms with Gasteiger partial charge in [-0.2, -0.15) is 0 Å². The van der Waals surface area contributed by atoms with E-state index in [1.54, 1.807) is 46.9 Å². The van der Waals surface area contributed by atoms with Crippen LogP contribution in [-0.2, 0) is 0 Å². The van der Waals surface area contributed by atoms with Crippen LogP contribution in [0, 0.1) is 13.8 Å². The lowest BCUT2D eigenvalue weighted by Crippen LogP contribution is -2.00. The number of fused-ring (bicyclic) bond motifs is 3. The van der Waals surface area contributed by atoms with Gasteiger partial charge in [0.15, 0.2) is 0 Å². The Balaban J connectivity index is 1.66. The lowest BCUT2D eigenvalue weighted by atomic mass is 9.84. The highest BCUT2D eigenvalue weighted by atomic mass is 32.1. The maximum Gasteiger partial charge on any atom is 0.335 e. The van der Waals surface area contributed by atoms with E-state index in [-0.39, 0.29) is 11.1 Å². The third-order valence-electron chi connectivity index (χ3n) is 8.10. The van der Waals surface area contributed by atoms with Crippen LogP contribution in [-0.4, -0.2) is 22.2 Å². The zero-order chi connectivity index (χ0) is 30.5. The average molecular weight is 611 g/mol. The third-order valence-corrected chi connectivity index (χ3v) is 10.3. The van der Waals surface area contributed by atoms with E-state index >= 15 is 0 Å². The molecule has 0 amide bonds. The van der Waals surface area contributed by atoms with E-state index in [1.807, 2.05) is 48.5 Å². The summed E-state index contributed by atoms with van der Waals surface area (Å²) in [5, 5.41) is 23.4. The number of thiophene rings is 2. The van der Waals surface area contributed by atoms with Crippen molar-refractivity contribution >= 4 is 56.2 Å². The van der Waals surface area contributed by atoms with Gasteiger partial charge in [-0.1, -0.05) is 72.8 Å². The SMILES string of the molecule is Cc1sc(-c2ccccc2)cc1-c1c(-c2cc(-c3ccccc3)sc2C)c2cc(C(=O)O)ccc2c2ccc(C(=O)O)cc12. The van der Waals surface area contributed by atoms with Crippen LogP contribution in [0.4, 0.5) is 0 Å². The summed E-state index contributed by atoms with van der Waals surface area (Å²) in [5.41, 5.74) is 6.46. The van der Waals surface area contributed by atoms with Crippen molar-refractivity contribution in [2.45, 2.75) is 13.8 Å². The smallest absolute Gasteiger partial charge is 0.335 e. The molecule has 44 heavy (non-hydrogen) atoms. The number of hydrogen-bond acceptors (Lipinski definition) is 4. The van der Waals surface area contributed by atoms with Crippen molar-refractivity contribution < 1.29 is 19.8 Å². The molecule has 4 nitrogen and oxygen atoms in total. The first kappa shape index (κ1) is 27.8. The van der Waals surface area contributed by atoms with Crippen molar-refractivity contribution in [1.29, 1.82) is 0 Å². The Labute approximate surface area is 262 Å². The fraction of sp³-hybridized carbons (Fsp3) is 0.0526. The second-order valence-corrected chi connectivity index (χ2v) is 13.3. The summed E-state index contributed by atoms with van der Waals surface area (Å²) >= 11 is 3.39. The van der Waals surface area contributed by atoms with Gasteiger partial charge in [-0.25, -0.2) is 9.59 Å². The van der Waals surface area contributed by atoms with Gasteiger partial charge in [-0.05, 0) is 105 Å². The fourth-order valence-electron chi connectivity index (χ4n) is 6.02. The van der Waals surface area contributed by atoms with Crippen molar-refractivity contribution in [2.24, 2.45) is 0 Å². The summed E-state index contributed by atoms with van der Waals surface area (Å²) in [4.78, 5) is 28.9. The lowest BCUT2D eigenvalue weighted by molar-refractivity contribution is 0.0686. The number of carboxylic acids is 2. The highest BCUT2D eigenvalue weighted by molar-refractivity contribution is 7.16. The van der Waals surface area contributed by atoms with E-state index < -0.39 is 11.9 Å². The summed E-state index contributed by atoms with van der Waals surface area (Å²) in [6.45, 7) is 4.19. The van der Waals surface area contributed by atoms with Crippen LogP contribution in [0.15, 0.2) is 109 Å². The van der Waals surface area contributed by atoms with Gasteiger partial charge in [-0.15, -0.1) is 22.7 Å². The van der Waals surface area contributed by atoms with E-state index in [4.69, 9.17) is 0 Å². The van der Waals surface area contributed by atoms with Crippen LogP contribution in [0.3, 0.4) is 0 Å². The summed E-state index contributed by atoms with van der Waals surface area (Å²) in [6.07, 6.45) is 0. The van der Waals surface area contributed by atoms with Gasteiger partial charge in [0.2, 0.25) is 0 Å². The maximum absolute atomic E-state index is 12.2. The molecule has 0 radical (unpaired) electrons. The van der Waals surface area contributed by atoms with Crippen LogP contribution < -0.4 is 0 Å². The monoisotopic (exact) mass is 610 g/mol. The molecule has 2 heterocycles. The van der Waals surface area contributed by atoms with Gasteiger partial charge in [-0.3, -0.25) is 0 Å². The van der Waals surface area contributed by atoms with Crippen molar-refractivity contribution in [3.8, 4) is 43.1 Å². The topological polar surface area (TPSA) is 74.6 Å². The summed E-state index contributed by atoms with van der Waals surface area (Å²) < 4.78 is 0. The molecule has 0 saturated carbocycles. The van der Waals surface area contributed by atoms with Crippen molar-refractivity contribution in [3.05, 3.63) is 130 Å². The molecule has 2 N–H and O–H groups in total. The van der Waals surface area contributed by atoms with E-state index in [1.165, 1.54) is 0 Å². The Hall–Kier alpha value is -5.04. The number of rotatable bonds is 6. The molecule has 0 unspecified atom stereocenters. The van der Waals surface area contributed by atoms with Gasteiger partial charge in [0.05, 0.1) is 11.1 Å². The Bertz CT molecular complexity index is 2080. The Morgan fingerprint density at radius 2 is 0.886 bits per heavy atom. The molecule has 0 atom stereocenters. The first-order chi connectivity index (χ1) is 21.3. The zero-order valence-corrected chi connectivity index (χ0v) is 25.6. The van der Waals surface area contributed by atoms with Crippen LogP contribution in [0.25, 0.3) is 64.7 Å². The van der Waals surface area contributed by atoms with Crippen LogP contribution in [0.1, 0.15) is 30.5 Å². The molecule has 0 bridgehead atoms. The highest BCUT2D eigenvalue weighted by Gasteiger charge is 2.24. The first-order valence-corrected chi connectivity index (χ1v) is 15.8.